The average molecular weight is 611 g/mol. The molecule has 2 atom stereocenters. The number of piperazine rings is 1. The normalized spacial score (nSPS) is 23.0. The lowest BCUT2D eigenvalue weighted by Crippen LogP contribution is -2.66. The Morgan fingerprint density at radius 2 is 1.93 bits per heavy atom. The number of ether oxygens (including phenoxy) is 1. The van der Waals surface area contributed by atoms with E-state index in [4.69, 9.17) is 9.72 Å². The summed E-state index contributed by atoms with van der Waals surface area (Å²) in [5.74, 6) is -4.90. The Kier molecular flexibility index (Phi) is 8.52. The van der Waals surface area contributed by atoms with Gasteiger partial charge in [0.15, 0.2) is 11.1 Å². The average Bonchev–Trinajstić information content (AvgIpc) is 3.47. The van der Waals surface area contributed by atoms with Crippen LogP contribution in [0.25, 0.3) is 11.3 Å². The van der Waals surface area contributed by atoms with E-state index in [1.807, 2.05) is 18.7 Å². The SMILES string of the molecule is CCOc1ncccc1-c1ccc(N2CCN(C(=O)C3(C(F)(F)F)CC(F)(F)C3)C[C@H]2CC)c(C(=O)N[C@@H]2CCNC2)n1. The molecule has 2 N–H and O–H groups in total. The van der Waals surface area contributed by atoms with E-state index in [9.17, 15) is 31.5 Å². The van der Waals surface area contributed by atoms with Gasteiger partial charge in [0.2, 0.25) is 11.8 Å². The second kappa shape index (κ2) is 11.9. The van der Waals surface area contributed by atoms with Crippen LogP contribution in [0.5, 0.6) is 5.88 Å². The minimum atomic E-state index is -5.09. The van der Waals surface area contributed by atoms with Crippen LogP contribution in [0.2, 0.25) is 0 Å². The zero-order valence-corrected chi connectivity index (χ0v) is 24.0. The van der Waals surface area contributed by atoms with Gasteiger partial charge < -0.3 is 25.2 Å². The van der Waals surface area contributed by atoms with E-state index in [2.05, 4.69) is 15.6 Å². The maximum atomic E-state index is 13.9. The minimum Gasteiger partial charge on any atom is -0.477 e. The zero-order chi connectivity index (χ0) is 31.0. The molecule has 2 aliphatic heterocycles. The maximum absolute atomic E-state index is 13.9. The molecule has 3 aliphatic rings. The number of carbonyl (C=O) groups is 2. The Balaban J connectivity index is 1.45. The van der Waals surface area contributed by atoms with Crippen molar-refractivity contribution in [2.24, 2.45) is 5.41 Å². The molecule has 2 aromatic rings. The third-order valence-corrected chi connectivity index (χ3v) is 8.44. The van der Waals surface area contributed by atoms with Crippen molar-refractivity contribution in [3.8, 4) is 17.1 Å². The first-order valence-electron chi connectivity index (χ1n) is 14.5. The maximum Gasteiger partial charge on any atom is 0.403 e. The van der Waals surface area contributed by atoms with Crippen LogP contribution in [-0.2, 0) is 4.79 Å². The van der Waals surface area contributed by atoms with Crippen molar-refractivity contribution in [2.75, 3.05) is 44.2 Å². The molecule has 0 unspecified atom stereocenters. The molecule has 14 heteroatoms. The van der Waals surface area contributed by atoms with Crippen LogP contribution in [0.4, 0.5) is 27.6 Å². The molecule has 5 rings (SSSR count). The Morgan fingerprint density at radius 1 is 1.16 bits per heavy atom. The van der Waals surface area contributed by atoms with Crippen LogP contribution in [-0.4, -0.2) is 90.2 Å². The third kappa shape index (κ3) is 5.98. The van der Waals surface area contributed by atoms with Gasteiger partial charge in [0, 0.05) is 57.3 Å². The lowest BCUT2D eigenvalue weighted by Gasteiger charge is -2.51. The highest BCUT2D eigenvalue weighted by atomic mass is 19.4. The molecule has 2 saturated heterocycles. The first kappa shape index (κ1) is 30.9. The molecule has 234 valence electrons. The van der Waals surface area contributed by atoms with Crippen molar-refractivity contribution >= 4 is 17.5 Å². The fourth-order valence-corrected chi connectivity index (χ4v) is 6.18. The number of hydrogen-bond acceptors (Lipinski definition) is 7. The molecule has 2 amide bonds. The monoisotopic (exact) mass is 610 g/mol. The number of nitrogens with one attached hydrogen (secondary N) is 2. The van der Waals surface area contributed by atoms with Gasteiger partial charge in [0.1, 0.15) is 0 Å². The summed E-state index contributed by atoms with van der Waals surface area (Å²) in [5, 5.41) is 6.21. The zero-order valence-electron chi connectivity index (χ0n) is 24.0. The number of hydrogen-bond donors (Lipinski definition) is 2. The summed E-state index contributed by atoms with van der Waals surface area (Å²) in [6.45, 7) is 5.26. The smallest absolute Gasteiger partial charge is 0.403 e. The van der Waals surface area contributed by atoms with Gasteiger partial charge in [-0.2, -0.15) is 13.2 Å². The first-order chi connectivity index (χ1) is 20.4. The molecule has 0 bridgehead atoms. The molecule has 0 radical (unpaired) electrons. The molecular formula is C29H35F5N6O3. The van der Waals surface area contributed by atoms with Crippen molar-refractivity contribution < 1.29 is 36.3 Å². The number of amides is 2. The number of pyridine rings is 2. The van der Waals surface area contributed by atoms with Gasteiger partial charge >= 0.3 is 6.18 Å². The molecule has 3 fully saturated rings. The summed E-state index contributed by atoms with van der Waals surface area (Å²) < 4.78 is 74.8. The van der Waals surface area contributed by atoms with Crippen molar-refractivity contribution in [1.82, 2.24) is 25.5 Å². The summed E-state index contributed by atoms with van der Waals surface area (Å²) in [6.07, 6.45) is -5.41. The van der Waals surface area contributed by atoms with Crippen molar-refractivity contribution in [3.63, 3.8) is 0 Å². The molecule has 43 heavy (non-hydrogen) atoms. The first-order valence-corrected chi connectivity index (χ1v) is 14.5. The topological polar surface area (TPSA) is 99.7 Å². The van der Waals surface area contributed by atoms with Crippen LogP contribution >= 0.6 is 0 Å². The highest BCUT2D eigenvalue weighted by molar-refractivity contribution is 5.99. The van der Waals surface area contributed by atoms with Crippen molar-refractivity contribution in [3.05, 3.63) is 36.2 Å². The fraction of sp³-hybridized carbons (Fsp3) is 0.586. The number of carbonyl (C=O) groups excluding carboxylic acids is 2. The van der Waals surface area contributed by atoms with Gasteiger partial charge in [-0.25, -0.2) is 18.7 Å². The molecule has 9 nitrogen and oxygen atoms in total. The summed E-state index contributed by atoms with van der Waals surface area (Å²) >= 11 is 0. The summed E-state index contributed by atoms with van der Waals surface area (Å²) in [4.78, 5) is 38.7. The van der Waals surface area contributed by atoms with Crippen LogP contribution in [0.3, 0.4) is 0 Å². The van der Waals surface area contributed by atoms with Gasteiger partial charge in [-0.1, -0.05) is 6.92 Å². The van der Waals surface area contributed by atoms with Crippen molar-refractivity contribution in [2.45, 2.75) is 63.7 Å². The predicted octanol–water partition coefficient (Wildman–Crippen LogP) is 4.04. The molecule has 2 aromatic heterocycles. The van der Waals surface area contributed by atoms with Crippen LogP contribution < -0.4 is 20.3 Å². The van der Waals surface area contributed by atoms with Crippen molar-refractivity contribution in [1.29, 1.82) is 0 Å². The van der Waals surface area contributed by atoms with E-state index in [-0.39, 0.29) is 31.4 Å². The van der Waals surface area contributed by atoms with E-state index >= 15 is 0 Å². The van der Waals surface area contributed by atoms with E-state index in [0.29, 0.717) is 42.4 Å². The molecule has 4 heterocycles. The number of alkyl halides is 5. The quantitative estimate of drug-likeness (QED) is 0.436. The molecule has 1 saturated carbocycles. The van der Waals surface area contributed by atoms with Gasteiger partial charge in [0.25, 0.3) is 11.8 Å². The Hall–Kier alpha value is -3.55. The number of anilines is 1. The van der Waals surface area contributed by atoms with Crippen LogP contribution in [0.15, 0.2) is 30.5 Å². The number of nitrogens with zero attached hydrogens (tertiary/aromatic N) is 4. The molecule has 1 aliphatic carbocycles. The number of halogens is 5. The second-order valence-corrected chi connectivity index (χ2v) is 11.3. The van der Waals surface area contributed by atoms with Gasteiger partial charge in [-0.05, 0) is 50.6 Å². The lowest BCUT2D eigenvalue weighted by atomic mass is 9.64. The Morgan fingerprint density at radius 3 is 2.56 bits per heavy atom. The minimum absolute atomic E-state index is 0.0952. The highest BCUT2D eigenvalue weighted by Crippen LogP contribution is 2.61. The van der Waals surface area contributed by atoms with Gasteiger partial charge in [0.05, 0.1) is 23.6 Å². The van der Waals surface area contributed by atoms with E-state index in [1.165, 1.54) is 0 Å². The highest BCUT2D eigenvalue weighted by Gasteiger charge is 2.74. The largest absolute Gasteiger partial charge is 0.477 e. The van der Waals surface area contributed by atoms with Gasteiger partial charge in [-0.3, -0.25) is 9.59 Å². The van der Waals surface area contributed by atoms with Crippen LogP contribution in [0.1, 0.15) is 50.0 Å². The Bertz CT molecular complexity index is 1340. The standard InChI is InChI=1S/C29H35F5N6O3/c1-3-19-15-39(26(42)27(29(32,33)34)16-28(30,31)17-27)12-13-40(19)22-8-7-21(20-6-5-10-36-25(20)43-4-2)38-23(22)24(41)37-18-9-11-35-14-18/h5-8,10,18-19,35H,3-4,9,11-17H2,1-2H3,(H,37,41)/t18-,19-/m1/s1. The summed E-state index contributed by atoms with van der Waals surface area (Å²) in [6, 6.07) is 6.39. The molecular weight excluding hydrogens is 575 g/mol. The Labute approximate surface area is 246 Å². The molecule has 0 spiro atoms. The predicted molar refractivity (Wildman–Crippen MR) is 148 cm³/mol. The van der Waals surface area contributed by atoms with E-state index < -0.39 is 48.2 Å². The lowest BCUT2D eigenvalue weighted by molar-refractivity contribution is -0.299. The molecule has 0 aromatic carbocycles. The van der Waals surface area contributed by atoms with Gasteiger partial charge in [-0.15, -0.1) is 0 Å². The summed E-state index contributed by atoms with van der Waals surface area (Å²) in [7, 11) is 0. The fourth-order valence-electron chi connectivity index (χ4n) is 6.18. The van der Waals surface area contributed by atoms with Crippen LogP contribution in [0, 0.1) is 5.41 Å². The third-order valence-electron chi connectivity index (χ3n) is 8.44. The van der Waals surface area contributed by atoms with E-state index in [0.717, 1.165) is 17.9 Å². The number of aromatic nitrogens is 2. The van der Waals surface area contributed by atoms with E-state index in [1.54, 1.807) is 30.5 Å². The summed E-state index contributed by atoms with van der Waals surface area (Å²) in [5.41, 5.74) is -1.45. The number of rotatable bonds is 8. The second-order valence-electron chi connectivity index (χ2n) is 11.3.